The molecule has 0 radical (unpaired) electrons. The smallest absolute Gasteiger partial charge is 0.319 e. The maximum atomic E-state index is 12.5. The van der Waals surface area contributed by atoms with E-state index in [2.05, 4.69) is 15.6 Å². The van der Waals surface area contributed by atoms with Crippen LogP contribution < -0.4 is 15.5 Å². The average Bonchev–Trinajstić information content (AvgIpc) is 3.21. The van der Waals surface area contributed by atoms with E-state index in [4.69, 9.17) is 0 Å². The maximum Gasteiger partial charge on any atom is 0.319 e. The molecule has 1 saturated heterocycles. The third kappa shape index (κ3) is 4.97. The lowest BCUT2D eigenvalue weighted by atomic mass is 10.2. The third-order valence-corrected chi connectivity index (χ3v) is 4.48. The highest BCUT2D eigenvalue weighted by Gasteiger charge is 2.19. The highest BCUT2D eigenvalue weighted by Crippen LogP contribution is 2.16. The van der Waals surface area contributed by atoms with Crippen LogP contribution in [-0.2, 0) is 6.54 Å². The lowest BCUT2D eigenvalue weighted by molar-refractivity contribution is 0.0793. The average molecular weight is 367 g/mol. The summed E-state index contributed by atoms with van der Waals surface area (Å²) in [5.74, 6) is 0.881. The van der Waals surface area contributed by atoms with Gasteiger partial charge in [0.25, 0.3) is 5.91 Å². The first kappa shape index (κ1) is 18.7. The molecule has 27 heavy (non-hydrogen) atoms. The third-order valence-electron chi connectivity index (χ3n) is 4.48. The molecular formula is C20H25N5O2. The molecule has 1 aliphatic heterocycles. The van der Waals surface area contributed by atoms with Crippen LogP contribution in [0.4, 0.5) is 16.3 Å². The highest BCUT2D eigenvalue weighted by molar-refractivity contribution is 5.97. The van der Waals surface area contributed by atoms with Crippen molar-refractivity contribution in [2.75, 3.05) is 37.4 Å². The number of pyridine rings is 1. The predicted molar refractivity (Wildman–Crippen MR) is 106 cm³/mol. The number of amides is 3. The Morgan fingerprint density at radius 3 is 2.59 bits per heavy atom. The lowest BCUT2D eigenvalue weighted by Crippen LogP contribution is -2.29. The second-order valence-electron chi connectivity index (χ2n) is 6.81. The fourth-order valence-electron chi connectivity index (χ4n) is 2.98. The molecule has 1 aliphatic rings. The number of urea groups is 1. The van der Waals surface area contributed by atoms with Crippen molar-refractivity contribution in [1.29, 1.82) is 0 Å². The van der Waals surface area contributed by atoms with E-state index in [9.17, 15) is 9.59 Å². The molecule has 2 heterocycles. The number of nitrogens with one attached hydrogen (secondary N) is 2. The van der Waals surface area contributed by atoms with Crippen molar-refractivity contribution in [3.8, 4) is 0 Å². The molecule has 0 unspecified atom stereocenters. The van der Waals surface area contributed by atoms with Crippen LogP contribution in [0.1, 0.15) is 28.8 Å². The first-order valence-corrected chi connectivity index (χ1v) is 9.09. The molecule has 142 valence electrons. The summed E-state index contributed by atoms with van der Waals surface area (Å²) < 4.78 is 0. The number of carbonyl (C=O) groups is 2. The normalized spacial score (nSPS) is 13.3. The summed E-state index contributed by atoms with van der Waals surface area (Å²) in [5.41, 5.74) is 2.10. The van der Waals surface area contributed by atoms with Gasteiger partial charge in [-0.15, -0.1) is 0 Å². The van der Waals surface area contributed by atoms with Crippen molar-refractivity contribution in [3.63, 3.8) is 0 Å². The van der Waals surface area contributed by atoms with Gasteiger partial charge >= 0.3 is 6.03 Å². The topological polar surface area (TPSA) is 77.6 Å². The highest BCUT2D eigenvalue weighted by atomic mass is 16.2. The molecule has 0 aliphatic carbocycles. The standard InChI is InChI=1S/C20H25N5O2/c1-24(2)18-9-8-15(13-21-18)14-22-20(27)23-17-7-5-6-16(12-17)19(26)25-10-3-4-11-25/h5-9,12-13H,3-4,10-11,14H2,1-2H3,(H2,22,23,27). The fraction of sp³-hybridized carbons (Fsp3) is 0.350. The lowest BCUT2D eigenvalue weighted by Gasteiger charge is -2.16. The van der Waals surface area contributed by atoms with Crippen LogP contribution in [0.15, 0.2) is 42.6 Å². The van der Waals surface area contributed by atoms with Gasteiger partial charge in [0.05, 0.1) is 0 Å². The number of carbonyl (C=O) groups excluding carboxylic acids is 2. The van der Waals surface area contributed by atoms with Crippen molar-refractivity contribution >= 4 is 23.4 Å². The van der Waals surface area contributed by atoms with Crippen LogP contribution in [0.5, 0.6) is 0 Å². The number of anilines is 2. The van der Waals surface area contributed by atoms with E-state index < -0.39 is 0 Å². The number of rotatable bonds is 5. The van der Waals surface area contributed by atoms with E-state index in [1.165, 1.54) is 0 Å². The number of benzene rings is 1. The molecule has 0 bridgehead atoms. The summed E-state index contributed by atoms with van der Waals surface area (Å²) in [7, 11) is 3.85. The summed E-state index contributed by atoms with van der Waals surface area (Å²) in [6, 6.07) is 10.6. The molecule has 3 amide bonds. The molecular weight excluding hydrogens is 342 g/mol. The summed E-state index contributed by atoms with van der Waals surface area (Å²) in [6.07, 6.45) is 3.85. The van der Waals surface area contributed by atoms with Gasteiger partial charge in [-0.2, -0.15) is 0 Å². The van der Waals surface area contributed by atoms with E-state index >= 15 is 0 Å². The SMILES string of the molecule is CN(C)c1ccc(CNC(=O)Nc2cccc(C(=O)N3CCCC3)c2)cn1. The Hall–Kier alpha value is -3.09. The molecule has 0 atom stereocenters. The largest absolute Gasteiger partial charge is 0.363 e. The molecule has 2 N–H and O–H groups in total. The molecule has 1 aromatic carbocycles. The Morgan fingerprint density at radius 1 is 1.15 bits per heavy atom. The Bertz CT molecular complexity index is 798. The van der Waals surface area contributed by atoms with E-state index in [-0.39, 0.29) is 11.9 Å². The van der Waals surface area contributed by atoms with Gasteiger partial charge in [0.15, 0.2) is 0 Å². The predicted octanol–water partition coefficient (Wildman–Crippen LogP) is 2.71. The van der Waals surface area contributed by atoms with Gasteiger partial charge in [0.1, 0.15) is 5.82 Å². The quantitative estimate of drug-likeness (QED) is 0.852. The van der Waals surface area contributed by atoms with Crippen molar-refractivity contribution in [3.05, 3.63) is 53.7 Å². The van der Waals surface area contributed by atoms with Crippen molar-refractivity contribution in [1.82, 2.24) is 15.2 Å². The number of likely N-dealkylation sites (tertiary alicyclic amines) is 1. The van der Waals surface area contributed by atoms with Gasteiger partial charge in [-0.3, -0.25) is 4.79 Å². The summed E-state index contributed by atoms with van der Waals surface area (Å²) >= 11 is 0. The van der Waals surface area contributed by atoms with Gasteiger partial charge < -0.3 is 20.4 Å². The number of hydrogen-bond donors (Lipinski definition) is 2. The minimum Gasteiger partial charge on any atom is -0.363 e. The second kappa shape index (κ2) is 8.53. The van der Waals surface area contributed by atoms with Gasteiger partial charge in [-0.1, -0.05) is 12.1 Å². The van der Waals surface area contributed by atoms with Crippen molar-refractivity contribution in [2.45, 2.75) is 19.4 Å². The number of hydrogen-bond acceptors (Lipinski definition) is 4. The monoisotopic (exact) mass is 367 g/mol. The first-order chi connectivity index (χ1) is 13.0. The fourth-order valence-corrected chi connectivity index (χ4v) is 2.98. The van der Waals surface area contributed by atoms with Crippen LogP contribution in [0, 0.1) is 0 Å². The Labute approximate surface area is 159 Å². The van der Waals surface area contributed by atoms with Crippen molar-refractivity contribution < 1.29 is 9.59 Å². The van der Waals surface area contributed by atoms with Crippen LogP contribution in [0.3, 0.4) is 0 Å². The molecule has 0 saturated carbocycles. The second-order valence-corrected chi connectivity index (χ2v) is 6.81. The van der Waals surface area contributed by atoms with Gasteiger partial charge in [0.2, 0.25) is 0 Å². The molecule has 1 fully saturated rings. The zero-order valence-corrected chi connectivity index (χ0v) is 15.7. The summed E-state index contributed by atoms with van der Waals surface area (Å²) in [5, 5.41) is 5.58. The molecule has 7 heteroatoms. The van der Waals surface area contributed by atoms with Gasteiger partial charge in [0, 0.05) is 51.2 Å². The van der Waals surface area contributed by atoms with E-state index in [0.29, 0.717) is 17.8 Å². The zero-order chi connectivity index (χ0) is 19.2. The maximum absolute atomic E-state index is 12.5. The first-order valence-electron chi connectivity index (χ1n) is 9.09. The van der Waals surface area contributed by atoms with Crippen molar-refractivity contribution in [2.24, 2.45) is 0 Å². The van der Waals surface area contributed by atoms with E-state index in [1.807, 2.05) is 36.0 Å². The Balaban J connectivity index is 1.54. The van der Waals surface area contributed by atoms with E-state index in [1.54, 1.807) is 30.5 Å². The van der Waals surface area contributed by atoms with E-state index in [0.717, 1.165) is 37.3 Å². The van der Waals surface area contributed by atoms with Gasteiger partial charge in [-0.25, -0.2) is 9.78 Å². The van der Waals surface area contributed by atoms with Crippen LogP contribution in [0.2, 0.25) is 0 Å². The number of aromatic nitrogens is 1. The molecule has 2 aromatic rings. The zero-order valence-electron chi connectivity index (χ0n) is 15.7. The molecule has 3 rings (SSSR count). The van der Waals surface area contributed by atoms with Crippen LogP contribution in [0.25, 0.3) is 0 Å². The number of nitrogens with zero attached hydrogens (tertiary/aromatic N) is 3. The molecule has 1 aromatic heterocycles. The summed E-state index contributed by atoms with van der Waals surface area (Å²) in [6.45, 7) is 1.98. The molecule has 0 spiro atoms. The van der Waals surface area contributed by atoms with Crippen LogP contribution >= 0.6 is 0 Å². The van der Waals surface area contributed by atoms with Gasteiger partial charge in [-0.05, 0) is 42.7 Å². The molecule has 7 nitrogen and oxygen atoms in total. The Kier molecular flexibility index (Phi) is 5.90. The summed E-state index contributed by atoms with van der Waals surface area (Å²) in [4.78, 5) is 32.7. The minimum atomic E-state index is -0.322. The Morgan fingerprint density at radius 2 is 1.93 bits per heavy atom. The van der Waals surface area contributed by atoms with Crippen LogP contribution in [-0.4, -0.2) is 49.0 Å². The minimum absolute atomic E-state index is 0.0172.